The van der Waals surface area contributed by atoms with Crippen molar-refractivity contribution < 1.29 is 9.53 Å². The molecule has 118 valence electrons. The second kappa shape index (κ2) is 8.05. The third kappa shape index (κ3) is 4.64. The van der Waals surface area contributed by atoms with Gasteiger partial charge in [-0.05, 0) is 38.0 Å². The summed E-state index contributed by atoms with van der Waals surface area (Å²) in [5.74, 6) is 0.302. The molecule has 1 aliphatic rings. The van der Waals surface area contributed by atoms with Crippen molar-refractivity contribution in [3.63, 3.8) is 0 Å². The summed E-state index contributed by atoms with van der Waals surface area (Å²) in [6, 6.07) is 7.04. The van der Waals surface area contributed by atoms with E-state index in [1.807, 2.05) is 6.07 Å². The summed E-state index contributed by atoms with van der Waals surface area (Å²) in [5, 5.41) is 12.2. The maximum Gasteiger partial charge on any atom is 0.260 e. The quantitative estimate of drug-likeness (QED) is 0.858. The number of nitrogens with one attached hydrogen (secondary N) is 1. The summed E-state index contributed by atoms with van der Waals surface area (Å²) in [7, 11) is 0. The van der Waals surface area contributed by atoms with Crippen molar-refractivity contribution in [3.05, 3.63) is 28.8 Å². The minimum absolute atomic E-state index is 0.118. The van der Waals surface area contributed by atoms with Crippen LogP contribution in [-0.4, -0.2) is 18.1 Å². The number of carbonyl (C=O) groups excluding carboxylic acids is 1. The van der Waals surface area contributed by atoms with Crippen LogP contribution < -0.4 is 10.1 Å². The van der Waals surface area contributed by atoms with Crippen LogP contribution in [0.1, 0.15) is 51.0 Å². The highest BCUT2D eigenvalue weighted by Crippen LogP contribution is 2.26. The van der Waals surface area contributed by atoms with Crippen molar-refractivity contribution in [3.8, 4) is 11.8 Å². The summed E-state index contributed by atoms with van der Waals surface area (Å²) >= 11 is 6.06. The highest BCUT2D eigenvalue weighted by atomic mass is 35.5. The number of rotatable bonds is 4. The monoisotopic (exact) mass is 320 g/mol. The molecule has 0 unspecified atom stereocenters. The van der Waals surface area contributed by atoms with Gasteiger partial charge in [0, 0.05) is 6.04 Å². The van der Waals surface area contributed by atoms with Crippen LogP contribution in [0.15, 0.2) is 18.2 Å². The Labute approximate surface area is 136 Å². The van der Waals surface area contributed by atoms with Crippen molar-refractivity contribution in [2.24, 2.45) is 0 Å². The molecule has 1 amide bonds. The molecule has 4 nitrogen and oxygen atoms in total. The fraction of sp³-hybridized carbons (Fsp3) is 0.529. The van der Waals surface area contributed by atoms with Gasteiger partial charge in [0.2, 0.25) is 0 Å². The molecule has 1 aromatic carbocycles. The van der Waals surface area contributed by atoms with Gasteiger partial charge in [-0.25, -0.2) is 0 Å². The number of amides is 1. The van der Waals surface area contributed by atoms with Crippen LogP contribution in [-0.2, 0) is 4.79 Å². The molecule has 2 rings (SSSR count). The summed E-state index contributed by atoms with van der Waals surface area (Å²) in [6.45, 7) is 1.71. The molecule has 1 saturated carbocycles. The topological polar surface area (TPSA) is 62.1 Å². The highest BCUT2D eigenvalue weighted by molar-refractivity contribution is 6.32. The first kappa shape index (κ1) is 16.6. The van der Waals surface area contributed by atoms with Crippen LogP contribution in [0, 0.1) is 11.3 Å². The standard InChI is InChI=1S/C17H21ClN2O2/c1-12(17(21)20-14-6-4-2-3-5-7-14)22-16-9-8-13(11-19)10-15(16)18/h8-10,12,14H,2-7H2,1H3,(H,20,21)/t12-/m1/s1. The van der Waals surface area contributed by atoms with Gasteiger partial charge in [0.25, 0.3) is 5.91 Å². The maximum atomic E-state index is 12.2. The molecule has 0 saturated heterocycles. The molecule has 0 radical (unpaired) electrons. The largest absolute Gasteiger partial charge is 0.479 e. The lowest BCUT2D eigenvalue weighted by atomic mass is 10.1. The second-order valence-corrected chi connectivity index (χ2v) is 6.12. The van der Waals surface area contributed by atoms with Crippen LogP contribution in [0.4, 0.5) is 0 Å². The average Bonchev–Trinajstić information content (AvgIpc) is 2.77. The fourth-order valence-corrected chi connectivity index (χ4v) is 2.88. The summed E-state index contributed by atoms with van der Waals surface area (Å²) in [6.07, 6.45) is 6.29. The number of hydrogen-bond donors (Lipinski definition) is 1. The number of nitrogens with zero attached hydrogens (tertiary/aromatic N) is 1. The van der Waals surface area contributed by atoms with Gasteiger partial charge in [-0.3, -0.25) is 4.79 Å². The van der Waals surface area contributed by atoms with Crippen LogP contribution in [0.5, 0.6) is 5.75 Å². The molecule has 1 aliphatic carbocycles. The molecule has 0 spiro atoms. The number of ether oxygens (including phenoxy) is 1. The molecule has 0 heterocycles. The molecular weight excluding hydrogens is 300 g/mol. The first-order valence-corrected chi connectivity index (χ1v) is 8.14. The Bertz CT molecular complexity index is 560. The fourth-order valence-electron chi connectivity index (χ4n) is 2.65. The summed E-state index contributed by atoms with van der Waals surface area (Å²) in [4.78, 5) is 12.2. The van der Waals surface area contributed by atoms with Crippen molar-refractivity contribution in [1.29, 1.82) is 5.26 Å². The van der Waals surface area contributed by atoms with E-state index >= 15 is 0 Å². The zero-order valence-corrected chi connectivity index (χ0v) is 13.5. The van der Waals surface area contributed by atoms with Gasteiger partial charge in [0.1, 0.15) is 5.75 Å². The molecule has 1 fully saturated rings. The van der Waals surface area contributed by atoms with Crippen molar-refractivity contribution in [1.82, 2.24) is 5.32 Å². The molecule has 22 heavy (non-hydrogen) atoms. The normalized spacial score (nSPS) is 17.1. The van der Waals surface area contributed by atoms with E-state index in [1.165, 1.54) is 31.7 Å². The van der Waals surface area contributed by atoms with Crippen LogP contribution in [0.2, 0.25) is 5.02 Å². The molecule has 0 aromatic heterocycles. The summed E-state index contributed by atoms with van der Waals surface area (Å²) in [5.41, 5.74) is 0.466. The Morgan fingerprint density at radius 1 is 1.36 bits per heavy atom. The van der Waals surface area contributed by atoms with E-state index in [9.17, 15) is 4.79 Å². The van der Waals surface area contributed by atoms with E-state index in [-0.39, 0.29) is 11.9 Å². The van der Waals surface area contributed by atoms with Gasteiger partial charge in [-0.15, -0.1) is 0 Å². The Hall–Kier alpha value is -1.73. The number of hydrogen-bond acceptors (Lipinski definition) is 3. The number of halogens is 1. The predicted molar refractivity (Wildman–Crippen MR) is 85.9 cm³/mol. The van der Waals surface area contributed by atoms with Gasteiger partial charge in [0.15, 0.2) is 6.10 Å². The minimum Gasteiger partial charge on any atom is -0.479 e. The van der Waals surface area contributed by atoms with Crippen molar-refractivity contribution in [2.45, 2.75) is 57.6 Å². The van der Waals surface area contributed by atoms with E-state index in [0.717, 1.165) is 12.8 Å². The Balaban J connectivity index is 1.92. The zero-order valence-electron chi connectivity index (χ0n) is 12.8. The Kier molecular flexibility index (Phi) is 6.09. The molecule has 0 bridgehead atoms. The van der Waals surface area contributed by atoms with Crippen molar-refractivity contribution >= 4 is 17.5 Å². The lowest BCUT2D eigenvalue weighted by Crippen LogP contribution is -2.42. The third-order valence-corrected chi connectivity index (χ3v) is 4.23. The van der Waals surface area contributed by atoms with Gasteiger partial charge in [0.05, 0.1) is 16.7 Å². The van der Waals surface area contributed by atoms with E-state index in [1.54, 1.807) is 19.1 Å². The minimum atomic E-state index is -0.617. The molecule has 1 N–H and O–H groups in total. The predicted octanol–water partition coefficient (Wildman–Crippen LogP) is 3.82. The third-order valence-electron chi connectivity index (χ3n) is 3.94. The Morgan fingerprint density at radius 3 is 2.64 bits per heavy atom. The maximum absolute atomic E-state index is 12.2. The van der Waals surface area contributed by atoms with E-state index in [4.69, 9.17) is 21.6 Å². The first-order chi connectivity index (χ1) is 10.6. The Morgan fingerprint density at radius 2 is 2.05 bits per heavy atom. The average molecular weight is 321 g/mol. The van der Waals surface area contributed by atoms with Crippen LogP contribution in [0.25, 0.3) is 0 Å². The van der Waals surface area contributed by atoms with E-state index in [0.29, 0.717) is 16.3 Å². The second-order valence-electron chi connectivity index (χ2n) is 5.71. The van der Waals surface area contributed by atoms with Gasteiger partial charge >= 0.3 is 0 Å². The number of benzene rings is 1. The van der Waals surface area contributed by atoms with Gasteiger partial charge in [-0.2, -0.15) is 5.26 Å². The van der Waals surface area contributed by atoms with Gasteiger partial charge in [-0.1, -0.05) is 37.3 Å². The molecular formula is C17H21ClN2O2. The molecule has 0 aliphatic heterocycles. The lowest BCUT2D eigenvalue weighted by Gasteiger charge is -2.20. The summed E-state index contributed by atoms with van der Waals surface area (Å²) < 4.78 is 5.63. The zero-order chi connectivity index (χ0) is 15.9. The van der Waals surface area contributed by atoms with E-state index in [2.05, 4.69) is 5.32 Å². The van der Waals surface area contributed by atoms with Crippen LogP contribution >= 0.6 is 11.6 Å². The highest BCUT2D eigenvalue weighted by Gasteiger charge is 2.20. The van der Waals surface area contributed by atoms with E-state index < -0.39 is 6.10 Å². The van der Waals surface area contributed by atoms with Crippen LogP contribution in [0.3, 0.4) is 0 Å². The lowest BCUT2D eigenvalue weighted by molar-refractivity contribution is -0.128. The number of carbonyl (C=O) groups is 1. The van der Waals surface area contributed by atoms with Crippen molar-refractivity contribution in [2.75, 3.05) is 0 Å². The van der Waals surface area contributed by atoms with Gasteiger partial charge < -0.3 is 10.1 Å². The first-order valence-electron chi connectivity index (χ1n) is 7.77. The molecule has 1 atom stereocenters. The smallest absolute Gasteiger partial charge is 0.260 e. The molecule has 5 heteroatoms. The number of nitriles is 1. The molecule has 1 aromatic rings. The SMILES string of the molecule is C[C@@H](Oc1ccc(C#N)cc1Cl)C(=O)NC1CCCCCC1.